The van der Waals surface area contributed by atoms with E-state index in [1.807, 2.05) is 48.5 Å². The number of nitro benzene ring substituents is 1. The number of anilines is 1. The molecule has 7 nitrogen and oxygen atoms in total. The number of rotatable bonds is 7. The van der Waals surface area contributed by atoms with Gasteiger partial charge in [0.15, 0.2) is 5.13 Å². The van der Waals surface area contributed by atoms with Crippen molar-refractivity contribution in [3.05, 3.63) is 100 Å². The van der Waals surface area contributed by atoms with Gasteiger partial charge in [0.25, 0.3) is 11.6 Å². The summed E-state index contributed by atoms with van der Waals surface area (Å²) in [6, 6.07) is 21.4. The van der Waals surface area contributed by atoms with Gasteiger partial charge < -0.3 is 4.74 Å². The highest BCUT2D eigenvalue weighted by molar-refractivity contribution is 7.22. The smallest absolute Gasteiger partial charge is 0.270 e. The van der Waals surface area contributed by atoms with Gasteiger partial charge >= 0.3 is 0 Å². The first-order valence-electron chi connectivity index (χ1n) is 9.76. The number of carbonyl (C=O) groups is 1. The topological polar surface area (TPSA) is 85.6 Å². The highest BCUT2D eigenvalue weighted by atomic mass is 32.1. The Bertz CT molecular complexity index is 1300. The van der Waals surface area contributed by atoms with Crippen LogP contribution in [0.15, 0.2) is 78.9 Å². The Morgan fingerprint density at radius 2 is 1.94 bits per heavy atom. The molecule has 0 atom stereocenters. The molecule has 0 fully saturated rings. The number of nitrogens with zero attached hydrogens (tertiary/aromatic N) is 3. The summed E-state index contributed by atoms with van der Waals surface area (Å²) in [5.41, 5.74) is 2.25. The lowest BCUT2D eigenvalue weighted by Crippen LogP contribution is -2.28. The van der Waals surface area contributed by atoms with E-state index in [1.54, 1.807) is 30.2 Å². The number of aromatic nitrogens is 1. The van der Waals surface area contributed by atoms with E-state index in [1.165, 1.54) is 29.5 Å². The normalized spacial score (nSPS) is 11.0. The number of benzene rings is 3. The van der Waals surface area contributed by atoms with Crippen molar-refractivity contribution < 1.29 is 14.5 Å². The second-order valence-corrected chi connectivity index (χ2v) is 7.93. The van der Waals surface area contributed by atoms with Gasteiger partial charge in [-0.25, -0.2) is 4.98 Å². The fourth-order valence-corrected chi connectivity index (χ4v) is 4.09. The average molecular weight is 446 g/mol. The van der Waals surface area contributed by atoms with Gasteiger partial charge in [-0.1, -0.05) is 53.8 Å². The minimum atomic E-state index is -0.462. The van der Waals surface area contributed by atoms with Gasteiger partial charge in [0.1, 0.15) is 5.75 Å². The molecule has 3 aromatic carbocycles. The molecule has 0 radical (unpaired) electrons. The average Bonchev–Trinajstić information content (AvgIpc) is 3.24. The monoisotopic (exact) mass is 445 g/mol. The summed E-state index contributed by atoms with van der Waals surface area (Å²) in [6.07, 6.45) is 2.98. The Kier molecular flexibility index (Phi) is 6.23. The lowest BCUT2D eigenvalue weighted by Gasteiger charge is -2.18. The number of methoxy groups -OCH3 is 1. The highest BCUT2D eigenvalue weighted by Gasteiger charge is 2.19. The van der Waals surface area contributed by atoms with E-state index in [9.17, 15) is 14.9 Å². The molecule has 1 amide bonds. The Labute approximate surface area is 188 Å². The first-order valence-corrected chi connectivity index (χ1v) is 10.6. The lowest BCUT2D eigenvalue weighted by molar-refractivity contribution is -0.384. The van der Waals surface area contributed by atoms with Crippen molar-refractivity contribution in [3.63, 3.8) is 0 Å². The van der Waals surface area contributed by atoms with E-state index in [2.05, 4.69) is 4.98 Å². The van der Waals surface area contributed by atoms with Crippen LogP contribution >= 0.6 is 11.3 Å². The maximum atomic E-state index is 13.2. The zero-order valence-electron chi connectivity index (χ0n) is 17.2. The van der Waals surface area contributed by atoms with Crippen LogP contribution in [-0.4, -0.2) is 22.9 Å². The predicted octanol–water partition coefficient (Wildman–Crippen LogP) is 5.46. The molecule has 4 aromatic rings. The highest BCUT2D eigenvalue weighted by Crippen LogP contribution is 2.32. The molecule has 8 heteroatoms. The van der Waals surface area contributed by atoms with Crippen LogP contribution < -0.4 is 9.64 Å². The standard InChI is InChI=1S/C24H19N3O4S/c1-31-20-11-12-22-21(15-20)25-24(32-22)26(16-18-6-3-2-4-7-18)23(28)13-10-17-8-5-9-19(14-17)27(29)30/h2-15H,16H2,1H3/b13-10+. The zero-order chi connectivity index (χ0) is 22.5. The number of fused-ring (bicyclic) bond motifs is 1. The molecule has 0 aliphatic carbocycles. The summed E-state index contributed by atoms with van der Waals surface area (Å²) in [5, 5.41) is 11.6. The van der Waals surface area contributed by atoms with Gasteiger partial charge in [0, 0.05) is 24.3 Å². The number of nitro groups is 1. The van der Waals surface area contributed by atoms with Crippen molar-refractivity contribution in [2.75, 3.05) is 12.0 Å². The maximum Gasteiger partial charge on any atom is 0.270 e. The molecule has 1 aromatic heterocycles. The Morgan fingerprint density at radius 1 is 1.12 bits per heavy atom. The van der Waals surface area contributed by atoms with Gasteiger partial charge in [0.2, 0.25) is 0 Å². The van der Waals surface area contributed by atoms with Crippen LogP contribution in [0, 0.1) is 10.1 Å². The predicted molar refractivity (Wildman–Crippen MR) is 126 cm³/mol. The summed E-state index contributed by atoms with van der Waals surface area (Å²) in [5.74, 6) is 0.423. The summed E-state index contributed by atoms with van der Waals surface area (Å²) >= 11 is 1.42. The lowest BCUT2D eigenvalue weighted by atomic mass is 10.2. The first-order chi connectivity index (χ1) is 15.5. The zero-order valence-corrected chi connectivity index (χ0v) is 18.0. The molecule has 32 heavy (non-hydrogen) atoms. The molecule has 4 rings (SSSR count). The van der Waals surface area contributed by atoms with Crippen LogP contribution in [0.25, 0.3) is 16.3 Å². The second kappa shape index (κ2) is 9.40. The Morgan fingerprint density at radius 3 is 2.69 bits per heavy atom. The fraction of sp³-hybridized carbons (Fsp3) is 0.0833. The van der Waals surface area contributed by atoms with Crippen LogP contribution in [0.5, 0.6) is 5.75 Å². The van der Waals surface area contributed by atoms with E-state index in [0.29, 0.717) is 23.0 Å². The van der Waals surface area contributed by atoms with E-state index >= 15 is 0 Å². The molecule has 160 valence electrons. The summed E-state index contributed by atoms with van der Waals surface area (Å²) in [6.45, 7) is 0.343. The molecule has 0 unspecified atom stereocenters. The minimum Gasteiger partial charge on any atom is -0.497 e. The molecule has 0 aliphatic heterocycles. The SMILES string of the molecule is COc1ccc2sc(N(Cc3ccccc3)C(=O)/C=C/c3cccc([N+](=O)[O-])c3)nc2c1. The molecule has 0 bridgehead atoms. The largest absolute Gasteiger partial charge is 0.497 e. The van der Waals surface area contributed by atoms with Crippen LogP contribution in [0.2, 0.25) is 0 Å². The van der Waals surface area contributed by atoms with E-state index in [0.717, 1.165) is 15.8 Å². The van der Waals surface area contributed by atoms with Crippen molar-refractivity contribution in [2.45, 2.75) is 6.54 Å². The molecular weight excluding hydrogens is 426 g/mol. The number of carbonyl (C=O) groups excluding carboxylic acids is 1. The van der Waals surface area contributed by atoms with Gasteiger partial charge in [-0.3, -0.25) is 19.8 Å². The van der Waals surface area contributed by atoms with Crippen molar-refractivity contribution in [2.24, 2.45) is 0 Å². The van der Waals surface area contributed by atoms with E-state index < -0.39 is 4.92 Å². The molecule has 0 saturated heterocycles. The van der Waals surface area contributed by atoms with Crippen LogP contribution in [0.3, 0.4) is 0 Å². The third-order valence-electron chi connectivity index (χ3n) is 4.76. The van der Waals surface area contributed by atoms with Crippen molar-refractivity contribution in [1.29, 1.82) is 0 Å². The number of thiazole rings is 1. The summed E-state index contributed by atoms with van der Waals surface area (Å²) in [4.78, 5) is 30.0. The minimum absolute atomic E-state index is 0.0270. The number of non-ortho nitro benzene ring substituents is 1. The number of ether oxygens (including phenoxy) is 1. The van der Waals surface area contributed by atoms with Gasteiger partial charge in [-0.2, -0.15) is 0 Å². The Balaban J connectivity index is 1.67. The van der Waals surface area contributed by atoms with Crippen molar-refractivity contribution in [1.82, 2.24) is 4.98 Å². The number of amides is 1. The quantitative estimate of drug-likeness (QED) is 0.214. The van der Waals surface area contributed by atoms with Crippen molar-refractivity contribution in [3.8, 4) is 5.75 Å². The first kappa shape index (κ1) is 21.2. The maximum absolute atomic E-state index is 13.2. The van der Waals surface area contributed by atoms with Crippen LogP contribution in [0.1, 0.15) is 11.1 Å². The molecule has 0 saturated carbocycles. The van der Waals surface area contributed by atoms with Gasteiger partial charge in [0.05, 0.1) is 28.8 Å². The summed E-state index contributed by atoms with van der Waals surface area (Å²) < 4.78 is 6.21. The van der Waals surface area contributed by atoms with Crippen molar-refractivity contribution >= 4 is 44.4 Å². The molecular formula is C24H19N3O4S. The molecule has 0 aliphatic rings. The molecule has 1 heterocycles. The van der Waals surface area contributed by atoms with Crippen LogP contribution in [0.4, 0.5) is 10.8 Å². The van der Waals surface area contributed by atoms with Gasteiger partial charge in [-0.15, -0.1) is 0 Å². The van der Waals surface area contributed by atoms with Crippen LogP contribution in [-0.2, 0) is 11.3 Å². The third kappa shape index (κ3) is 4.81. The molecule has 0 N–H and O–H groups in total. The van der Waals surface area contributed by atoms with E-state index in [4.69, 9.17) is 4.74 Å². The number of hydrogen-bond acceptors (Lipinski definition) is 6. The fourth-order valence-electron chi connectivity index (χ4n) is 3.14. The van der Waals surface area contributed by atoms with E-state index in [-0.39, 0.29) is 11.6 Å². The number of hydrogen-bond donors (Lipinski definition) is 0. The van der Waals surface area contributed by atoms with Gasteiger partial charge in [-0.05, 0) is 29.3 Å². The Hall–Kier alpha value is -4.04. The second-order valence-electron chi connectivity index (χ2n) is 6.93. The third-order valence-corrected chi connectivity index (χ3v) is 5.82. The molecule has 0 spiro atoms. The summed E-state index contributed by atoms with van der Waals surface area (Å²) in [7, 11) is 1.60.